The molecule has 0 aliphatic carbocycles. The smallest absolute Gasteiger partial charge is 0.273 e. The molecule has 0 unspecified atom stereocenters. The molecular formula is C14H18N4O2S. The summed E-state index contributed by atoms with van der Waals surface area (Å²) in [5.41, 5.74) is 2.48. The zero-order valence-corrected chi connectivity index (χ0v) is 12.9. The Balaban J connectivity index is 2.12. The second-order valence-corrected chi connectivity index (χ2v) is 5.73. The molecule has 1 aromatic heterocycles. The molecule has 7 heteroatoms. The van der Waals surface area contributed by atoms with Crippen LogP contribution in [0.25, 0.3) is 0 Å². The molecule has 0 saturated heterocycles. The van der Waals surface area contributed by atoms with Gasteiger partial charge in [0.1, 0.15) is 0 Å². The van der Waals surface area contributed by atoms with Gasteiger partial charge in [0.25, 0.3) is 5.69 Å². The number of hydrogen-bond acceptors (Lipinski definition) is 6. The summed E-state index contributed by atoms with van der Waals surface area (Å²) < 4.78 is 0. The Labute approximate surface area is 127 Å². The molecule has 6 nitrogen and oxygen atoms in total. The van der Waals surface area contributed by atoms with E-state index in [1.54, 1.807) is 17.4 Å². The van der Waals surface area contributed by atoms with Gasteiger partial charge in [-0.25, -0.2) is 4.98 Å². The highest BCUT2D eigenvalue weighted by molar-refractivity contribution is 7.09. The second kappa shape index (κ2) is 7.03. The van der Waals surface area contributed by atoms with Crippen molar-refractivity contribution in [3.05, 3.63) is 44.4 Å². The number of non-ortho nitro benzene ring substituents is 1. The summed E-state index contributed by atoms with van der Waals surface area (Å²) in [6.45, 7) is 5.34. The molecule has 1 aromatic carbocycles. The van der Waals surface area contributed by atoms with E-state index in [9.17, 15) is 10.1 Å². The molecule has 0 amide bonds. The van der Waals surface area contributed by atoms with E-state index < -0.39 is 0 Å². The molecule has 1 heterocycles. The zero-order chi connectivity index (χ0) is 15.2. The predicted molar refractivity (Wildman–Crippen MR) is 86.1 cm³/mol. The van der Waals surface area contributed by atoms with Crippen molar-refractivity contribution < 1.29 is 4.92 Å². The van der Waals surface area contributed by atoms with Gasteiger partial charge >= 0.3 is 0 Å². The van der Waals surface area contributed by atoms with Gasteiger partial charge in [0, 0.05) is 35.4 Å². The Bertz CT molecular complexity index is 627. The van der Waals surface area contributed by atoms with Crippen LogP contribution in [0.5, 0.6) is 0 Å². The van der Waals surface area contributed by atoms with Gasteiger partial charge in [0.15, 0.2) is 0 Å². The molecule has 0 atom stereocenters. The number of anilines is 2. The fourth-order valence-electron chi connectivity index (χ4n) is 1.87. The maximum atomic E-state index is 11.0. The fraction of sp³-hybridized carbons (Fsp3) is 0.357. The summed E-state index contributed by atoms with van der Waals surface area (Å²) in [5, 5.41) is 20.3. The van der Waals surface area contributed by atoms with Crippen LogP contribution >= 0.6 is 11.3 Å². The lowest BCUT2D eigenvalue weighted by atomic mass is 10.2. The third kappa shape index (κ3) is 4.42. The Hall–Kier alpha value is -2.15. The number of nitrogens with one attached hydrogen (secondary N) is 2. The van der Waals surface area contributed by atoms with Crippen LogP contribution in [0.4, 0.5) is 17.1 Å². The molecule has 2 rings (SSSR count). The first-order valence-electron chi connectivity index (χ1n) is 6.76. The van der Waals surface area contributed by atoms with Crippen LogP contribution in [0, 0.1) is 17.0 Å². The lowest BCUT2D eigenvalue weighted by molar-refractivity contribution is -0.384. The van der Waals surface area contributed by atoms with E-state index in [2.05, 4.69) is 15.6 Å². The summed E-state index contributed by atoms with van der Waals surface area (Å²) in [4.78, 5) is 15.0. The Morgan fingerprint density at radius 1 is 1.29 bits per heavy atom. The number of aromatic nitrogens is 1. The molecule has 0 fully saturated rings. The predicted octanol–water partition coefficient (Wildman–Crippen LogP) is 3.79. The SMILES string of the molecule is CCCNc1cc(NCc2csc(C)n2)cc([N+](=O)[O-])c1. The van der Waals surface area contributed by atoms with Crippen LogP contribution in [0.1, 0.15) is 24.0 Å². The highest BCUT2D eigenvalue weighted by Gasteiger charge is 2.10. The molecule has 2 aromatic rings. The van der Waals surface area contributed by atoms with E-state index in [1.165, 1.54) is 6.07 Å². The first kappa shape index (κ1) is 15.2. The molecule has 0 saturated carbocycles. The van der Waals surface area contributed by atoms with Crippen molar-refractivity contribution in [1.82, 2.24) is 4.98 Å². The Kier molecular flexibility index (Phi) is 5.10. The molecule has 0 aliphatic heterocycles. The van der Waals surface area contributed by atoms with Crippen molar-refractivity contribution in [2.24, 2.45) is 0 Å². The van der Waals surface area contributed by atoms with Crippen LogP contribution in [0.2, 0.25) is 0 Å². The normalized spacial score (nSPS) is 10.4. The quantitative estimate of drug-likeness (QED) is 0.601. The second-order valence-electron chi connectivity index (χ2n) is 4.66. The topological polar surface area (TPSA) is 80.1 Å². The van der Waals surface area contributed by atoms with Crippen LogP contribution < -0.4 is 10.6 Å². The zero-order valence-electron chi connectivity index (χ0n) is 12.0. The molecule has 0 bridgehead atoms. The van der Waals surface area contributed by atoms with Crippen LogP contribution in [0.15, 0.2) is 23.6 Å². The molecular weight excluding hydrogens is 288 g/mol. The monoisotopic (exact) mass is 306 g/mol. The summed E-state index contributed by atoms with van der Waals surface area (Å²) in [7, 11) is 0. The average molecular weight is 306 g/mol. The minimum atomic E-state index is -0.380. The molecule has 0 spiro atoms. The van der Waals surface area contributed by atoms with Crippen LogP contribution in [-0.4, -0.2) is 16.5 Å². The first-order chi connectivity index (χ1) is 10.1. The minimum absolute atomic E-state index is 0.0769. The standard InChI is InChI=1S/C14H18N4O2S/c1-3-4-15-11-5-12(7-14(6-11)18(19)20)16-8-13-9-21-10(2)17-13/h5-7,9,15-16H,3-4,8H2,1-2H3. The lowest BCUT2D eigenvalue weighted by Gasteiger charge is -2.09. The molecule has 0 aliphatic rings. The molecule has 112 valence electrons. The molecule has 21 heavy (non-hydrogen) atoms. The number of nitro groups is 1. The maximum absolute atomic E-state index is 11.0. The van der Waals surface area contributed by atoms with Gasteiger partial charge in [-0.3, -0.25) is 10.1 Å². The number of hydrogen-bond donors (Lipinski definition) is 2. The van der Waals surface area contributed by atoms with E-state index in [0.717, 1.165) is 29.4 Å². The Morgan fingerprint density at radius 2 is 2.00 bits per heavy atom. The van der Waals surface area contributed by atoms with Crippen molar-refractivity contribution in [2.75, 3.05) is 17.2 Å². The van der Waals surface area contributed by atoms with Gasteiger partial charge in [0.05, 0.1) is 22.2 Å². The van der Waals surface area contributed by atoms with Crippen molar-refractivity contribution in [3.63, 3.8) is 0 Å². The highest BCUT2D eigenvalue weighted by Crippen LogP contribution is 2.25. The number of benzene rings is 1. The van der Waals surface area contributed by atoms with Crippen molar-refractivity contribution in [3.8, 4) is 0 Å². The number of thiazole rings is 1. The number of aryl methyl sites for hydroxylation is 1. The van der Waals surface area contributed by atoms with E-state index in [1.807, 2.05) is 25.3 Å². The Morgan fingerprint density at radius 3 is 2.57 bits per heavy atom. The first-order valence-corrected chi connectivity index (χ1v) is 7.64. The van der Waals surface area contributed by atoms with E-state index in [-0.39, 0.29) is 10.6 Å². The van der Waals surface area contributed by atoms with Crippen molar-refractivity contribution in [2.45, 2.75) is 26.8 Å². The third-order valence-corrected chi connectivity index (χ3v) is 3.67. The highest BCUT2D eigenvalue weighted by atomic mass is 32.1. The van der Waals surface area contributed by atoms with Gasteiger partial charge in [-0.15, -0.1) is 11.3 Å². The minimum Gasteiger partial charge on any atom is -0.385 e. The van der Waals surface area contributed by atoms with Crippen molar-refractivity contribution >= 4 is 28.4 Å². The van der Waals surface area contributed by atoms with Gasteiger partial charge in [-0.1, -0.05) is 6.92 Å². The number of nitro benzene ring substituents is 1. The summed E-state index contributed by atoms with van der Waals surface area (Å²) in [5.74, 6) is 0. The fourth-order valence-corrected chi connectivity index (χ4v) is 2.48. The summed E-state index contributed by atoms with van der Waals surface area (Å²) in [6, 6.07) is 4.96. The maximum Gasteiger partial charge on any atom is 0.273 e. The largest absolute Gasteiger partial charge is 0.385 e. The van der Waals surface area contributed by atoms with E-state index in [0.29, 0.717) is 12.2 Å². The third-order valence-electron chi connectivity index (χ3n) is 2.85. The van der Waals surface area contributed by atoms with Crippen LogP contribution in [0.3, 0.4) is 0 Å². The summed E-state index contributed by atoms with van der Waals surface area (Å²) >= 11 is 1.59. The average Bonchev–Trinajstić information content (AvgIpc) is 2.88. The van der Waals surface area contributed by atoms with Crippen molar-refractivity contribution in [1.29, 1.82) is 0 Å². The van der Waals surface area contributed by atoms with Gasteiger partial charge in [-0.05, 0) is 19.4 Å². The lowest BCUT2D eigenvalue weighted by Crippen LogP contribution is -2.04. The van der Waals surface area contributed by atoms with Gasteiger partial charge in [0.2, 0.25) is 0 Å². The summed E-state index contributed by atoms with van der Waals surface area (Å²) in [6.07, 6.45) is 0.962. The van der Waals surface area contributed by atoms with Gasteiger partial charge < -0.3 is 10.6 Å². The van der Waals surface area contributed by atoms with E-state index in [4.69, 9.17) is 0 Å². The molecule has 2 N–H and O–H groups in total. The number of nitrogens with zero attached hydrogens (tertiary/aromatic N) is 2. The van der Waals surface area contributed by atoms with Gasteiger partial charge in [-0.2, -0.15) is 0 Å². The number of rotatable bonds is 7. The van der Waals surface area contributed by atoms with E-state index >= 15 is 0 Å². The van der Waals surface area contributed by atoms with Crippen LogP contribution in [-0.2, 0) is 6.54 Å². The molecule has 0 radical (unpaired) electrons.